The van der Waals surface area contributed by atoms with Gasteiger partial charge in [-0.3, -0.25) is 0 Å². The average Bonchev–Trinajstić information content (AvgIpc) is 2.62. The van der Waals surface area contributed by atoms with Crippen LogP contribution in [-0.2, 0) is 10.8 Å². The van der Waals surface area contributed by atoms with Crippen LogP contribution in [-0.4, -0.2) is 10.2 Å². The van der Waals surface area contributed by atoms with Crippen LogP contribution in [0.15, 0.2) is 24.3 Å². The van der Waals surface area contributed by atoms with Gasteiger partial charge >= 0.3 is 0 Å². The molecule has 0 fully saturated rings. The lowest BCUT2D eigenvalue weighted by Gasteiger charge is -2.30. The molecule has 0 saturated heterocycles. The number of hydrogen-bond acceptors (Lipinski definition) is 2. The van der Waals surface area contributed by atoms with Gasteiger partial charge in [0.25, 0.3) is 0 Å². The molecule has 2 nitrogen and oxygen atoms in total. The number of hydrogen-bond donors (Lipinski definition) is 2. The molecule has 0 aliphatic carbocycles. The lowest BCUT2D eigenvalue weighted by molar-refractivity contribution is 0.426. The highest BCUT2D eigenvalue weighted by atomic mass is 16.3. The summed E-state index contributed by atoms with van der Waals surface area (Å²) in [5, 5.41) is 22.8. The van der Waals surface area contributed by atoms with Crippen LogP contribution in [0.25, 0.3) is 0 Å². The van der Waals surface area contributed by atoms with E-state index in [-0.39, 0.29) is 16.7 Å². The molecule has 2 aromatic carbocycles. The van der Waals surface area contributed by atoms with E-state index < -0.39 is 0 Å². The summed E-state index contributed by atoms with van der Waals surface area (Å²) in [7, 11) is 0. The van der Waals surface area contributed by atoms with Crippen molar-refractivity contribution in [1.29, 1.82) is 0 Å². The molecular weight excluding hydrogens is 380 g/mol. The van der Waals surface area contributed by atoms with Crippen molar-refractivity contribution in [3.8, 4) is 11.5 Å². The highest BCUT2D eigenvalue weighted by molar-refractivity contribution is 5.56. The van der Waals surface area contributed by atoms with E-state index >= 15 is 0 Å². The minimum Gasteiger partial charge on any atom is -0.507 e. The Morgan fingerprint density at radius 1 is 0.645 bits per heavy atom. The molecule has 2 N–H and O–H groups in total. The molecule has 0 heterocycles. The van der Waals surface area contributed by atoms with Crippen molar-refractivity contribution < 1.29 is 10.2 Å². The first-order chi connectivity index (χ1) is 14.1. The fourth-order valence-corrected chi connectivity index (χ4v) is 4.31. The molecule has 0 saturated carbocycles. The van der Waals surface area contributed by atoms with Gasteiger partial charge in [0.15, 0.2) is 0 Å². The predicted molar refractivity (Wildman–Crippen MR) is 134 cm³/mol. The standard InChI is InChI=1S/C29H44O2/c1-12-21(22-13-19(17(2)3)15-24(26(22)30)28(6,7)8)23-14-20(18(4)5)16-25(27(23)31)29(9,10)11/h13-18,21,30-31H,12H2,1-11H3. The van der Waals surface area contributed by atoms with Crippen LogP contribution in [0.3, 0.4) is 0 Å². The van der Waals surface area contributed by atoms with Gasteiger partial charge in [0.2, 0.25) is 0 Å². The third-order valence-electron chi connectivity index (χ3n) is 6.43. The minimum absolute atomic E-state index is 0.0698. The Labute approximate surface area is 190 Å². The molecule has 0 amide bonds. The van der Waals surface area contributed by atoms with Gasteiger partial charge in [-0.05, 0) is 51.3 Å². The smallest absolute Gasteiger partial charge is 0.123 e. The van der Waals surface area contributed by atoms with Gasteiger partial charge < -0.3 is 10.2 Å². The van der Waals surface area contributed by atoms with Crippen LogP contribution in [0.2, 0.25) is 0 Å². The van der Waals surface area contributed by atoms with Gasteiger partial charge in [-0.15, -0.1) is 0 Å². The number of phenols is 2. The Kier molecular flexibility index (Phi) is 7.25. The molecule has 0 aliphatic rings. The molecule has 0 unspecified atom stereocenters. The molecule has 2 aromatic rings. The largest absolute Gasteiger partial charge is 0.507 e. The molecule has 2 rings (SSSR count). The molecular formula is C29H44O2. The number of rotatable bonds is 5. The zero-order chi connectivity index (χ0) is 23.9. The number of phenolic OH excluding ortho intramolecular Hbond substituents is 2. The van der Waals surface area contributed by atoms with Crippen molar-refractivity contribution in [2.45, 2.75) is 111 Å². The van der Waals surface area contributed by atoms with Crippen LogP contribution >= 0.6 is 0 Å². The Bertz CT molecular complexity index is 846. The van der Waals surface area contributed by atoms with Crippen molar-refractivity contribution in [3.63, 3.8) is 0 Å². The van der Waals surface area contributed by atoms with E-state index in [9.17, 15) is 10.2 Å². The van der Waals surface area contributed by atoms with Gasteiger partial charge in [0, 0.05) is 17.0 Å². The van der Waals surface area contributed by atoms with Crippen molar-refractivity contribution >= 4 is 0 Å². The lowest BCUT2D eigenvalue weighted by Crippen LogP contribution is -2.16. The average molecular weight is 425 g/mol. The first-order valence-corrected chi connectivity index (χ1v) is 11.8. The monoisotopic (exact) mass is 424 g/mol. The molecule has 2 heteroatoms. The van der Waals surface area contributed by atoms with E-state index in [1.165, 1.54) is 11.1 Å². The summed E-state index contributed by atoms with van der Waals surface area (Å²) in [4.78, 5) is 0. The zero-order valence-corrected chi connectivity index (χ0v) is 21.6. The fourth-order valence-electron chi connectivity index (χ4n) is 4.31. The van der Waals surface area contributed by atoms with Crippen molar-refractivity contribution in [2.75, 3.05) is 0 Å². The summed E-state index contributed by atoms with van der Waals surface area (Å²) >= 11 is 0. The first kappa shape index (κ1) is 25.3. The molecule has 172 valence electrons. The Morgan fingerprint density at radius 3 is 1.19 bits per heavy atom. The van der Waals surface area contributed by atoms with Crippen LogP contribution in [0.4, 0.5) is 0 Å². The van der Waals surface area contributed by atoms with Crippen LogP contribution in [0, 0.1) is 0 Å². The second-order valence-corrected chi connectivity index (χ2v) is 11.8. The SMILES string of the molecule is CCC(c1cc(C(C)C)cc(C(C)(C)C)c1O)c1cc(C(C)C)cc(C(C)(C)C)c1O. The van der Waals surface area contributed by atoms with Crippen LogP contribution < -0.4 is 0 Å². The normalized spacial score (nSPS) is 13.0. The fraction of sp³-hybridized carbons (Fsp3) is 0.586. The van der Waals surface area contributed by atoms with Crippen LogP contribution in [0.1, 0.15) is 134 Å². The molecule has 0 atom stereocenters. The topological polar surface area (TPSA) is 40.5 Å². The summed E-state index contributed by atoms with van der Waals surface area (Å²) in [5.41, 5.74) is 5.93. The van der Waals surface area contributed by atoms with Crippen molar-refractivity contribution in [2.24, 2.45) is 0 Å². The van der Waals surface area contributed by atoms with Gasteiger partial charge in [-0.2, -0.15) is 0 Å². The molecule has 0 spiro atoms. The summed E-state index contributed by atoms with van der Waals surface area (Å²) < 4.78 is 0. The van der Waals surface area contributed by atoms with E-state index in [0.717, 1.165) is 28.7 Å². The molecule has 31 heavy (non-hydrogen) atoms. The maximum Gasteiger partial charge on any atom is 0.123 e. The number of aromatic hydroxyl groups is 2. The summed E-state index contributed by atoms with van der Waals surface area (Å²) in [6.07, 6.45) is 0.803. The maximum absolute atomic E-state index is 11.4. The molecule has 0 bridgehead atoms. The van der Waals surface area contributed by atoms with Gasteiger partial charge in [-0.25, -0.2) is 0 Å². The zero-order valence-electron chi connectivity index (χ0n) is 21.6. The quantitative estimate of drug-likeness (QED) is 0.505. The molecule has 0 radical (unpaired) electrons. The predicted octanol–water partition coefficient (Wildman–Crippen LogP) is 8.48. The van der Waals surface area contributed by atoms with Gasteiger partial charge in [0.1, 0.15) is 11.5 Å². The summed E-state index contributed by atoms with van der Waals surface area (Å²) in [6.45, 7) is 23.8. The van der Waals surface area contributed by atoms with E-state index in [2.05, 4.69) is 100 Å². The lowest BCUT2D eigenvalue weighted by atomic mass is 9.76. The summed E-state index contributed by atoms with van der Waals surface area (Å²) in [6, 6.07) is 8.62. The second-order valence-electron chi connectivity index (χ2n) is 11.8. The van der Waals surface area contributed by atoms with E-state index in [4.69, 9.17) is 0 Å². The van der Waals surface area contributed by atoms with E-state index in [1.54, 1.807) is 0 Å². The maximum atomic E-state index is 11.4. The van der Waals surface area contributed by atoms with Crippen molar-refractivity contribution in [1.82, 2.24) is 0 Å². The summed E-state index contributed by atoms with van der Waals surface area (Å²) in [5.74, 6) is 1.39. The van der Waals surface area contributed by atoms with Crippen LogP contribution in [0.5, 0.6) is 11.5 Å². The number of benzene rings is 2. The highest BCUT2D eigenvalue weighted by Gasteiger charge is 2.30. The Morgan fingerprint density at radius 2 is 0.968 bits per heavy atom. The highest BCUT2D eigenvalue weighted by Crippen LogP contribution is 2.46. The van der Waals surface area contributed by atoms with Gasteiger partial charge in [0.05, 0.1) is 0 Å². The third kappa shape index (κ3) is 5.27. The minimum atomic E-state index is -0.166. The Hall–Kier alpha value is -1.96. The molecule has 0 aromatic heterocycles. The Balaban J connectivity index is 2.88. The van der Waals surface area contributed by atoms with E-state index in [0.29, 0.717) is 23.3 Å². The molecule has 0 aliphatic heterocycles. The van der Waals surface area contributed by atoms with E-state index in [1.807, 2.05) is 0 Å². The second kappa shape index (κ2) is 8.88. The van der Waals surface area contributed by atoms with Gasteiger partial charge in [-0.1, -0.05) is 100 Å². The van der Waals surface area contributed by atoms with Crippen molar-refractivity contribution in [3.05, 3.63) is 57.6 Å². The first-order valence-electron chi connectivity index (χ1n) is 11.8. The third-order valence-corrected chi connectivity index (χ3v) is 6.43.